The molecule has 0 aromatic rings. The number of hydrogen-bond acceptors (Lipinski definition) is 4. The summed E-state index contributed by atoms with van der Waals surface area (Å²) in [5.41, 5.74) is 5.92. The second-order valence-corrected chi connectivity index (χ2v) is 5.97. The molecule has 0 fully saturated rings. The van der Waals surface area contributed by atoms with Crippen LogP contribution >= 0.6 is 0 Å². The van der Waals surface area contributed by atoms with Crippen LogP contribution in [0.25, 0.3) is 0 Å². The highest BCUT2D eigenvalue weighted by molar-refractivity contribution is 5.83. The molecule has 112 valence electrons. The summed E-state index contributed by atoms with van der Waals surface area (Å²) < 4.78 is 4.81. The number of nitrogens with one attached hydrogen (secondary N) is 1. The maximum absolute atomic E-state index is 11.7. The summed E-state index contributed by atoms with van der Waals surface area (Å²) in [7, 11) is 1.49. The van der Waals surface area contributed by atoms with Crippen LogP contribution in [0.2, 0.25) is 0 Å². The predicted molar refractivity (Wildman–Crippen MR) is 72.7 cm³/mol. The molecular weight excluding hydrogens is 248 g/mol. The summed E-state index contributed by atoms with van der Waals surface area (Å²) in [5, 5.41) is 11.4. The Labute approximate surface area is 114 Å². The molecule has 6 nitrogen and oxygen atoms in total. The van der Waals surface area contributed by atoms with E-state index in [1.165, 1.54) is 7.11 Å². The minimum absolute atomic E-state index is 0.0436. The van der Waals surface area contributed by atoms with Gasteiger partial charge in [-0.25, -0.2) is 4.79 Å². The quantitative estimate of drug-likeness (QED) is 0.606. The van der Waals surface area contributed by atoms with E-state index in [-0.39, 0.29) is 36.8 Å². The summed E-state index contributed by atoms with van der Waals surface area (Å²) in [6.45, 7) is 6.42. The maximum Gasteiger partial charge on any atom is 0.326 e. The minimum Gasteiger partial charge on any atom is -0.480 e. The second-order valence-electron chi connectivity index (χ2n) is 5.97. The third kappa shape index (κ3) is 9.44. The SMILES string of the molecule is COCCC(NC(=O)CC(N)CC(C)(C)C)C(=O)O. The number of carbonyl (C=O) groups excluding carboxylic acids is 1. The van der Waals surface area contributed by atoms with Crippen molar-refractivity contribution >= 4 is 11.9 Å². The molecule has 6 heteroatoms. The van der Waals surface area contributed by atoms with Gasteiger partial charge in [0.15, 0.2) is 0 Å². The lowest BCUT2D eigenvalue weighted by atomic mass is 9.87. The van der Waals surface area contributed by atoms with Gasteiger partial charge in [-0.1, -0.05) is 20.8 Å². The van der Waals surface area contributed by atoms with Gasteiger partial charge in [0.2, 0.25) is 5.91 Å². The Morgan fingerprint density at radius 3 is 2.37 bits per heavy atom. The fourth-order valence-corrected chi connectivity index (χ4v) is 1.84. The fourth-order valence-electron chi connectivity index (χ4n) is 1.84. The van der Waals surface area contributed by atoms with Crippen molar-refractivity contribution in [1.29, 1.82) is 0 Å². The monoisotopic (exact) mass is 274 g/mol. The maximum atomic E-state index is 11.7. The molecule has 2 unspecified atom stereocenters. The molecule has 1 amide bonds. The summed E-state index contributed by atoms with van der Waals surface area (Å²) in [6.07, 6.45) is 1.08. The van der Waals surface area contributed by atoms with Gasteiger partial charge in [-0.05, 0) is 11.8 Å². The van der Waals surface area contributed by atoms with Crippen molar-refractivity contribution in [1.82, 2.24) is 5.32 Å². The van der Waals surface area contributed by atoms with Gasteiger partial charge in [-0.2, -0.15) is 0 Å². The topological polar surface area (TPSA) is 102 Å². The number of carboxylic acid groups (broad SMARTS) is 1. The molecule has 0 radical (unpaired) electrons. The first kappa shape index (κ1) is 17.9. The third-order valence-electron chi connectivity index (χ3n) is 2.57. The number of carboxylic acids is 1. The molecule has 0 aliphatic carbocycles. The van der Waals surface area contributed by atoms with Gasteiger partial charge in [-0.3, -0.25) is 4.79 Å². The number of ether oxygens (including phenoxy) is 1. The molecule has 0 heterocycles. The first-order valence-electron chi connectivity index (χ1n) is 6.42. The minimum atomic E-state index is -1.06. The van der Waals surface area contributed by atoms with Crippen LogP contribution in [-0.2, 0) is 14.3 Å². The van der Waals surface area contributed by atoms with Gasteiger partial charge in [0.05, 0.1) is 0 Å². The van der Waals surface area contributed by atoms with E-state index in [1.54, 1.807) is 0 Å². The van der Waals surface area contributed by atoms with E-state index in [9.17, 15) is 9.59 Å². The number of carbonyl (C=O) groups is 2. The van der Waals surface area contributed by atoms with Crippen molar-refractivity contribution in [3.63, 3.8) is 0 Å². The molecule has 2 atom stereocenters. The molecule has 0 spiro atoms. The van der Waals surface area contributed by atoms with Crippen molar-refractivity contribution < 1.29 is 19.4 Å². The van der Waals surface area contributed by atoms with Crippen molar-refractivity contribution in [2.24, 2.45) is 11.1 Å². The third-order valence-corrected chi connectivity index (χ3v) is 2.57. The highest BCUT2D eigenvalue weighted by atomic mass is 16.5. The number of aliphatic carboxylic acids is 1. The van der Waals surface area contributed by atoms with Gasteiger partial charge < -0.3 is 20.9 Å². The smallest absolute Gasteiger partial charge is 0.326 e. The first-order chi connectivity index (χ1) is 8.65. The molecule has 0 saturated heterocycles. The number of amides is 1. The zero-order valence-corrected chi connectivity index (χ0v) is 12.2. The van der Waals surface area contributed by atoms with Crippen molar-refractivity contribution in [2.75, 3.05) is 13.7 Å². The standard InChI is InChI=1S/C13H26N2O4/c1-13(2,3)8-9(14)7-11(16)15-10(12(17)18)5-6-19-4/h9-10H,5-8,14H2,1-4H3,(H,15,16)(H,17,18). The Hall–Kier alpha value is -1.14. The van der Waals surface area contributed by atoms with Gasteiger partial charge >= 0.3 is 5.97 Å². The van der Waals surface area contributed by atoms with Crippen LogP contribution in [0.4, 0.5) is 0 Å². The molecule has 0 saturated carbocycles. The Morgan fingerprint density at radius 1 is 1.37 bits per heavy atom. The van der Waals surface area contributed by atoms with E-state index < -0.39 is 12.0 Å². The number of hydrogen-bond donors (Lipinski definition) is 3. The lowest BCUT2D eigenvalue weighted by Crippen LogP contribution is -2.43. The molecule has 4 N–H and O–H groups in total. The van der Waals surface area contributed by atoms with E-state index >= 15 is 0 Å². The van der Waals surface area contributed by atoms with E-state index in [2.05, 4.69) is 5.32 Å². The highest BCUT2D eigenvalue weighted by Crippen LogP contribution is 2.20. The predicted octanol–water partition coefficient (Wildman–Crippen LogP) is 0.746. The molecule has 0 bridgehead atoms. The van der Waals surface area contributed by atoms with E-state index in [0.717, 1.165) is 0 Å². The van der Waals surface area contributed by atoms with Crippen molar-refractivity contribution in [3.05, 3.63) is 0 Å². The lowest BCUT2D eigenvalue weighted by Gasteiger charge is -2.23. The van der Waals surface area contributed by atoms with Crippen LogP contribution < -0.4 is 11.1 Å². The van der Waals surface area contributed by atoms with E-state index in [4.69, 9.17) is 15.6 Å². The molecule has 19 heavy (non-hydrogen) atoms. The fraction of sp³-hybridized carbons (Fsp3) is 0.846. The van der Waals surface area contributed by atoms with Crippen LogP contribution in [0, 0.1) is 5.41 Å². The average molecular weight is 274 g/mol. The largest absolute Gasteiger partial charge is 0.480 e. The number of nitrogens with two attached hydrogens (primary N) is 1. The summed E-state index contributed by atoms with van der Waals surface area (Å²) >= 11 is 0. The van der Waals surface area contributed by atoms with Gasteiger partial charge in [0, 0.05) is 32.6 Å². The molecule has 0 rings (SSSR count). The Kier molecular flexibility index (Phi) is 7.63. The number of rotatable bonds is 8. The van der Waals surface area contributed by atoms with Crippen LogP contribution in [0.1, 0.15) is 40.0 Å². The average Bonchev–Trinajstić information content (AvgIpc) is 2.20. The molecule has 0 aromatic carbocycles. The molecular formula is C13H26N2O4. The van der Waals surface area contributed by atoms with Crippen LogP contribution in [-0.4, -0.2) is 42.8 Å². The summed E-state index contributed by atoms with van der Waals surface area (Å²) in [5.74, 6) is -1.39. The number of methoxy groups -OCH3 is 1. The Morgan fingerprint density at radius 2 is 1.95 bits per heavy atom. The van der Waals surface area contributed by atoms with Crippen molar-refractivity contribution in [3.8, 4) is 0 Å². The Bertz CT molecular complexity index is 300. The molecule has 0 aromatic heterocycles. The van der Waals surface area contributed by atoms with E-state index in [0.29, 0.717) is 6.42 Å². The van der Waals surface area contributed by atoms with Crippen LogP contribution in [0.3, 0.4) is 0 Å². The summed E-state index contributed by atoms with van der Waals surface area (Å²) in [4.78, 5) is 22.7. The zero-order valence-electron chi connectivity index (χ0n) is 12.2. The van der Waals surface area contributed by atoms with Gasteiger partial charge in [0.25, 0.3) is 0 Å². The van der Waals surface area contributed by atoms with Gasteiger partial charge in [0.1, 0.15) is 6.04 Å². The molecule has 0 aliphatic rings. The van der Waals surface area contributed by atoms with Crippen molar-refractivity contribution in [2.45, 2.75) is 52.1 Å². The molecule has 0 aliphatic heterocycles. The second kappa shape index (κ2) is 8.12. The summed E-state index contributed by atoms with van der Waals surface area (Å²) in [6, 6.07) is -1.19. The normalized spacial score (nSPS) is 14.8. The zero-order chi connectivity index (χ0) is 15.1. The highest BCUT2D eigenvalue weighted by Gasteiger charge is 2.22. The van der Waals surface area contributed by atoms with Gasteiger partial charge in [-0.15, -0.1) is 0 Å². The Balaban J connectivity index is 4.22. The first-order valence-corrected chi connectivity index (χ1v) is 6.42. The van der Waals surface area contributed by atoms with Crippen LogP contribution in [0.5, 0.6) is 0 Å². The van der Waals surface area contributed by atoms with Crippen LogP contribution in [0.15, 0.2) is 0 Å². The lowest BCUT2D eigenvalue weighted by molar-refractivity contribution is -0.142. The van der Waals surface area contributed by atoms with E-state index in [1.807, 2.05) is 20.8 Å².